The smallest absolute Gasteiger partial charge is 0.161 e. The highest BCUT2D eigenvalue weighted by molar-refractivity contribution is 5.76. The van der Waals surface area contributed by atoms with Gasteiger partial charge in [-0.1, -0.05) is 55.1 Å². The molecule has 0 amide bonds. The van der Waals surface area contributed by atoms with Crippen LogP contribution in [0, 0.1) is 12.3 Å². The summed E-state index contributed by atoms with van der Waals surface area (Å²) >= 11 is 0. The molecule has 1 aliphatic heterocycles. The van der Waals surface area contributed by atoms with Crippen molar-refractivity contribution in [2.24, 2.45) is 5.73 Å². The number of rotatable bonds is 6. The van der Waals surface area contributed by atoms with Crippen LogP contribution in [0.4, 0.5) is 5.82 Å². The molecule has 4 rings (SSSR count). The van der Waals surface area contributed by atoms with E-state index in [2.05, 4.69) is 52.9 Å². The summed E-state index contributed by atoms with van der Waals surface area (Å²) in [6.45, 7) is 6.89. The minimum atomic E-state index is 0.147. The molecule has 3 aromatic rings. The SMILES string of the molecule is C=C(N)C1CCCN1c1cc(C)nc(-c2ccc(Cc3ccc(C=N)cc3)cc2)n1. The molecule has 1 atom stereocenters. The lowest BCUT2D eigenvalue weighted by atomic mass is 10.0. The van der Waals surface area contributed by atoms with E-state index in [1.54, 1.807) is 0 Å². The molecule has 1 aromatic heterocycles. The number of benzene rings is 2. The molecule has 3 N–H and O–H groups in total. The molecule has 5 heteroatoms. The Balaban J connectivity index is 1.55. The minimum absolute atomic E-state index is 0.147. The first-order chi connectivity index (χ1) is 14.5. The van der Waals surface area contributed by atoms with Crippen molar-refractivity contribution in [3.63, 3.8) is 0 Å². The Kier molecular flexibility index (Phi) is 5.61. The highest BCUT2D eigenvalue weighted by Crippen LogP contribution is 2.28. The topological polar surface area (TPSA) is 78.9 Å². The molecule has 2 aromatic carbocycles. The van der Waals surface area contributed by atoms with Crippen molar-refractivity contribution in [3.05, 3.63) is 89.3 Å². The van der Waals surface area contributed by atoms with Crippen LogP contribution in [-0.4, -0.2) is 28.8 Å². The van der Waals surface area contributed by atoms with Gasteiger partial charge in [0.05, 0.1) is 6.04 Å². The van der Waals surface area contributed by atoms with Crippen LogP contribution in [0.15, 0.2) is 66.9 Å². The number of aryl methyl sites for hydroxylation is 1. The van der Waals surface area contributed by atoms with Crippen molar-refractivity contribution in [2.45, 2.75) is 32.2 Å². The number of aromatic nitrogens is 2. The maximum atomic E-state index is 7.31. The standard InChI is InChI=1S/C25H27N5/c1-17-14-24(30-13-3-4-23(30)18(2)27)29-25(28-17)22-11-9-20(10-12-22)15-19-5-7-21(16-26)8-6-19/h5-12,14,16,23,26H,2-4,13,15,27H2,1H3. The first-order valence-electron chi connectivity index (χ1n) is 10.3. The van der Waals surface area contributed by atoms with E-state index in [1.807, 2.05) is 25.1 Å². The maximum Gasteiger partial charge on any atom is 0.161 e. The zero-order valence-electron chi connectivity index (χ0n) is 17.3. The van der Waals surface area contributed by atoms with Gasteiger partial charge in [0.2, 0.25) is 0 Å². The van der Waals surface area contributed by atoms with E-state index in [4.69, 9.17) is 16.1 Å². The van der Waals surface area contributed by atoms with Crippen LogP contribution in [0.1, 0.15) is 35.2 Å². The van der Waals surface area contributed by atoms with Gasteiger partial charge in [0.1, 0.15) is 5.82 Å². The fraction of sp³-hybridized carbons (Fsp3) is 0.240. The predicted molar refractivity (Wildman–Crippen MR) is 123 cm³/mol. The predicted octanol–water partition coefficient (Wildman–Crippen LogP) is 4.48. The molecule has 2 heterocycles. The molecule has 1 unspecified atom stereocenters. The van der Waals surface area contributed by atoms with Gasteiger partial charge in [-0.25, -0.2) is 9.97 Å². The molecule has 0 radical (unpaired) electrons. The van der Waals surface area contributed by atoms with E-state index in [0.717, 1.165) is 54.3 Å². The third-order valence-electron chi connectivity index (χ3n) is 5.58. The Morgan fingerprint density at radius 3 is 2.43 bits per heavy atom. The van der Waals surface area contributed by atoms with Gasteiger partial charge in [-0.3, -0.25) is 0 Å². The Morgan fingerprint density at radius 1 is 1.13 bits per heavy atom. The first-order valence-corrected chi connectivity index (χ1v) is 10.3. The van der Waals surface area contributed by atoms with Crippen molar-refractivity contribution in [3.8, 4) is 11.4 Å². The highest BCUT2D eigenvalue weighted by atomic mass is 15.2. The van der Waals surface area contributed by atoms with Crippen molar-refractivity contribution < 1.29 is 0 Å². The summed E-state index contributed by atoms with van der Waals surface area (Å²) in [5.74, 6) is 1.65. The van der Waals surface area contributed by atoms with Crippen molar-refractivity contribution in [1.82, 2.24) is 9.97 Å². The molecule has 5 nitrogen and oxygen atoms in total. The van der Waals surface area contributed by atoms with Crippen LogP contribution in [0.2, 0.25) is 0 Å². The van der Waals surface area contributed by atoms with E-state index in [1.165, 1.54) is 17.3 Å². The van der Waals surface area contributed by atoms with Crippen molar-refractivity contribution >= 4 is 12.0 Å². The Hall–Kier alpha value is -3.47. The highest BCUT2D eigenvalue weighted by Gasteiger charge is 2.27. The average molecular weight is 398 g/mol. The maximum absolute atomic E-state index is 7.31. The third-order valence-corrected chi connectivity index (χ3v) is 5.58. The van der Waals surface area contributed by atoms with Crippen LogP contribution in [0.3, 0.4) is 0 Å². The van der Waals surface area contributed by atoms with Crippen LogP contribution in [0.5, 0.6) is 0 Å². The molecule has 0 bridgehead atoms. The molecular weight excluding hydrogens is 370 g/mol. The summed E-state index contributed by atoms with van der Waals surface area (Å²) < 4.78 is 0. The molecule has 1 fully saturated rings. The first kappa shape index (κ1) is 19.8. The Morgan fingerprint density at radius 2 is 1.80 bits per heavy atom. The van der Waals surface area contributed by atoms with Gasteiger partial charge in [0.25, 0.3) is 0 Å². The van der Waals surface area contributed by atoms with E-state index < -0.39 is 0 Å². The van der Waals surface area contributed by atoms with Gasteiger partial charge in [-0.2, -0.15) is 0 Å². The number of hydrogen-bond donors (Lipinski definition) is 2. The quantitative estimate of drug-likeness (QED) is 0.601. The number of nitrogens with two attached hydrogens (primary N) is 1. The third kappa shape index (κ3) is 4.25. The monoisotopic (exact) mass is 397 g/mol. The lowest BCUT2D eigenvalue weighted by Crippen LogP contribution is -2.34. The van der Waals surface area contributed by atoms with Crippen molar-refractivity contribution in [1.29, 1.82) is 5.41 Å². The van der Waals surface area contributed by atoms with Crippen LogP contribution < -0.4 is 10.6 Å². The van der Waals surface area contributed by atoms with Crippen molar-refractivity contribution in [2.75, 3.05) is 11.4 Å². The van der Waals surface area contributed by atoms with E-state index in [0.29, 0.717) is 5.70 Å². The number of hydrogen-bond acceptors (Lipinski definition) is 5. The van der Waals surface area contributed by atoms with Crippen LogP contribution in [0.25, 0.3) is 11.4 Å². The molecular formula is C25H27N5. The summed E-state index contributed by atoms with van der Waals surface area (Å²) in [6.07, 6.45) is 4.33. The molecule has 30 heavy (non-hydrogen) atoms. The zero-order chi connectivity index (χ0) is 21.1. The van der Waals surface area contributed by atoms with Gasteiger partial charge in [-0.05, 0) is 42.9 Å². The number of anilines is 1. The summed E-state index contributed by atoms with van der Waals surface area (Å²) in [7, 11) is 0. The minimum Gasteiger partial charge on any atom is -0.401 e. The van der Waals surface area contributed by atoms with Gasteiger partial charge < -0.3 is 16.0 Å². The molecule has 152 valence electrons. The van der Waals surface area contributed by atoms with Crippen LogP contribution >= 0.6 is 0 Å². The summed E-state index contributed by atoms with van der Waals surface area (Å²) in [5.41, 5.74) is 12.0. The molecule has 1 aliphatic rings. The van der Waals surface area contributed by atoms with Crippen LogP contribution in [-0.2, 0) is 6.42 Å². The molecule has 0 aliphatic carbocycles. The second-order valence-electron chi connectivity index (χ2n) is 7.88. The van der Waals surface area contributed by atoms with Gasteiger partial charge in [-0.15, -0.1) is 0 Å². The van der Waals surface area contributed by atoms with Gasteiger partial charge >= 0.3 is 0 Å². The van der Waals surface area contributed by atoms with E-state index in [9.17, 15) is 0 Å². The largest absolute Gasteiger partial charge is 0.401 e. The second-order valence-corrected chi connectivity index (χ2v) is 7.88. The van der Waals surface area contributed by atoms with E-state index >= 15 is 0 Å². The lowest BCUT2D eigenvalue weighted by molar-refractivity contribution is 0.744. The normalized spacial score (nSPS) is 15.9. The second kappa shape index (κ2) is 8.49. The fourth-order valence-electron chi connectivity index (χ4n) is 3.99. The number of nitrogens with zero attached hydrogens (tertiary/aromatic N) is 3. The zero-order valence-corrected chi connectivity index (χ0v) is 17.3. The Labute approximate surface area is 177 Å². The van der Waals surface area contributed by atoms with Gasteiger partial charge in [0, 0.05) is 35.8 Å². The molecule has 0 saturated carbocycles. The summed E-state index contributed by atoms with van der Waals surface area (Å²) in [4.78, 5) is 11.8. The molecule has 0 spiro atoms. The fourth-order valence-corrected chi connectivity index (χ4v) is 3.99. The number of nitrogens with one attached hydrogen (secondary N) is 1. The molecule has 1 saturated heterocycles. The van der Waals surface area contributed by atoms with E-state index in [-0.39, 0.29) is 6.04 Å². The average Bonchev–Trinajstić information content (AvgIpc) is 3.25. The van der Waals surface area contributed by atoms with Gasteiger partial charge in [0.15, 0.2) is 5.82 Å². The summed E-state index contributed by atoms with van der Waals surface area (Å²) in [6, 6.07) is 18.7. The lowest BCUT2D eigenvalue weighted by Gasteiger charge is -2.26. The summed E-state index contributed by atoms with van der Waals surface area (Å²) in [5, 5.41) is 7.31. The Bertz CT molecular complexity index is 1050.